The second-order valence-electron chi connectivity index (χ2n) is 3.66. The number of nitrogens with zero attached hydrogens (tertiary/aromatic N) is 1. The molecule has 0 bridgehead atoms. The highest BCUT2D eigenvalue weighted by atomic mass is 16.4. The highest BCUT2D eigenvalue weighted by molar-refractivity contribution is 5.84. The average molecular weight is 272 g/mol. The third kappa shape index (κ3) is 4.60. The molecule has 1 rings (SSSR count). The number of aromatic carboxylic acids is 1. The SMILES string of the molecule is O=C(O)c1ccc(CNC(=O)N(CCO)CCO)o1. The molecule has 0 spiro atoms. The van der Waals surface area contributed by atoms with Crippen LogP contribution < -0.4 is 5.32 Å². The minimum Gasteiger partial charge on any atom is -0.475 e. The molecule has 1 aromatic heterocycles. The molecule has 1 heterocycles. The molecule has 0 saturated heterocycles. The Morgan fingerprint density at radius 1 is 1.21 bits per heavy atom. The molecule has 0 saturated carbocycles. The van der Waals surface area contributed by atoms with E-state index in [0.717, 1.165) is 0 Å². The van der Waals surface area contributed by atoms with Crippen LogP contribution in [0.4, 0.5) is 4.79 Å². The second kappa shape index (κ2) is 7.39. The topological polar surface area (TPSA) is 123 Å². The highest BCUT2D eigenvalue weighted by Crippen LogP contribution is 2.07. The lowest BCUT2D eigenvalue weighted by molar-refractivity contribution is 0.0660. The van der Waals surface area contributed by atoms with E-state index in [2.05, 4.69) is 5.32 Å². The molecule has 8 nitrogen and oxygen atoms in total. The van der Waals surface area contributed by atoms with Crippen LogP contribution in [0.5, 0.6) is 0 Å². The van der Waals surface area contributed by atoms with Gasteiger partial charge in [-0.25, -0.2) is 9.59 Å². The van der Waals surface area contributed by atoms with Gasteiger partial charge in [-0.1, -0.05) is 0 Å². The summed E-state index contributed by atoms with van der Waals surface area (Å²) in [5.41, 5.74) is 0. The molecule has 0 unspecified atom stereocenters. The summed E-state index contributed by atoms with van der Waals surface area (Å²) in [4.78, 5) is 23.5. The van der Waals surface area contributed by atoms with Gasteiger partial charge in [0, 0.05) is 13.1 Å². The first-order valence-electron chi connectivity index (χ1n) is 5.65. The number of furan rings is 1. The fourth-order valence-corrected chi connectivity index (χ4v) is 1.42. The second-order valence-corrected chi connectivity index (χ2v) is 3.66. The summed E-state index contributed by atoms with van der Waals surface area (Å²) in [6, 6.07) is 2.27. The summed E-state index contributed by atoms with van der Waals surface area (Å²) < 4.78 is 4.96. The lowest BCUT2D eigenvalue weighted by Gasteiger charge is -2.20. The molecule has 4 N–H and O–H groups in total. The number of aliphatic hydroxyl groups excluding tert-OH is 2. The Kier molecular flexibility index (Phi) is 5.83. The van der Waals surface area contributed by atoms with Gasteiger partial charge in [-0.05, 0) is 12.1 Å². The largest absolute Gasteiger partial charge is 0.475 e. The number of amides is 2. The van der Waals surface area contributed by atoms with Crippen molar-refractivity contribution in [3.63, 3.8) is 0 Å². The first-order valence-corrected chi connectivity index (χ1v) is 5.65. The van der Waals surface area contributed by atoms with Crippen LogP contribution in [-0.4, -0.2) is 58.5 Å². The highest BCUT2D eigenvalue weighted by Gasteiger charge is 2.13. The predicted octanol–water partition coefficient (Wildman–Crippen LogP) is -0.526. The molecule has 8 heteroatoms. The standard InChI is InChI=1S/C11H16N2O6/c14-5-3-13(4-6-15)11(18)12-7-8-1-2-9(19-8)10(16)17/h1-2,14-15H,3-7H2,(H,12,18)(H,16,17). The molecule has 0 aliphatic carbocycles. The quantitative estimate of drug-likeness (QED) is 0.529. The van der Waals surface area contributed by atoms with Gasteiger partial charge in [-0.2, -0.15) is 0 Å². The molecule has 0 fully saturated rings. The molecule has 0 aliphatic heterocycles. The van der Waals surface area contributed by atoms with E-state index in [0.29, 0.717) is 5.76 Å². The van der Waals surface area contributed by atoms with Gasteiger partial charge in [0.15, 0.2) is 0 Å². The molecule has 2 amide bonds. The van der Waals surface area contributed by atoms with Crippen molar-refractivity contribution < 1.29 is 29.3 Å². The maximum absolute atomic E-state index is 11.7. The van der Waals surface area contributed by atoms with E-state index in [9.17, 15) is 9.59 Å². The zero-order chi connectivity index (χ0) is 14.3. The fourth-order valence-electron chi connectivity index (χ4n) is 1.42. The Bertz CT molecular complexity index is 425. The fraction of sp³-hybridized carbons (Fsp3) is 0.455. The Balaban J connectivity index is 2.49. The summed E-state index contributed by atoms with van der Waals surface area (Å²) in [5.74, 6) is -1.08. The Hall–Kier alpha value is -2.06. The van der Waals surface area contributed by atoms with Gasteiger partial charge >= 0.3 is 12.0 Å². The van der Waals surface area contributed by atoms with Crippen molar-refractivity contribution in [3.8, 4) is 0 Å². The normalized spacial score (nSPS) is 10.2. The van der Waals surface area contributed by atoms with Gasteiger partial charge < -0.3 is 30.0 Å². The lowest BCUT2D eigenvalue weighted by Crippen LogP contribution is -2.42. The van der Waals surface area contributed by atoms with Crippen LogP contribution in [0.15, 0.2) is 16.5 Å². The van der Waals surface area contributed by atoms with Crippen LogP contribution >= 0.6 is 0 Å². The molecule has 106 valence electrons. The van der Waals surface area contributed by atoms with E-state index >= 15 is 0 Å². The first kappa shape index (κ1) is 15.0. The van der Waals surface area contributed by atoms with Gasteiger partial charge in [0.2, 0.25) is 5.76 Å². The predicted molar refractivity (Wildman–Crippen MR) is 63.6 cm³/mol. The third-order valence-corrected chi connectivity index (χ3v) is 2.31. The summed E-state index contributed by atoms with van der Waals surface area (Å²) in [7, 11) is 0. The van der Waals surface area contributed by atoms with Crippen molar-refractivity contribution in [1.29, 1.82) is 0 Å². The van der Waals surface area contributed by atoms with Gasteiger partial charge in [-0.3, -0.25) is 0 Å². The number of aliphatic hydroxyl groups is 2. The summed E-state index contributed by atoms with van der Waals surface area (Å²) in [5, 5.41) is 28.7. The number of carbonyl (C=O) groups is 2. The number of hydrogen-bond acceptors (Lipinski definition) is 5. The minimum absolute atomic E-state index is 0.0273. The number of urea groups is 1. The summed E-state index contributed by atoms with van der Waals surface area (Å²) in [6.45, 7) is -0.190. The molecule has 0 atom stereocenters. The number of carbonyl (C=O) groups excluding carboxylic acids is 1. The maximum atomic E-state index is 11.7. The zero-order valence-corrected chi connectivity index (χ0v) is 10.2. The van der Waals surface area contributed by atoms with Crippen LogP contribution in [0.1, 0.15) is 16.3 Å². The van der Waals surface area contributed by atoms with Crippen LogP contribution in [0, 0.1) is 0 Å². The molecule has 0 aromatic carbocycles. The lowest BCUT2D eigenvalue weighted by atomic mass is 10.4. The molecule has 0 radical (unpaired) electrons. The van der Waals surface area contributed by atoms with Crippen molar-refractivity contribution in [2.24, 2.45) is 0 Å². The van der Waals surface area contributed by atoms with E-state index in [1.807, 2.05) is 0 Å². The van der Waals surface area contributed by atoms with Crippen molar-refractivity contribution in [2.45, 2.75) is 6.54 Å². The van der Waals surface area contributed by atoms with Crippen LogP contribution in [0.3, 0.4) is 0 Å². The van der Waals surface area contributed by atoms with Crippen molar-refractivity contribution >= 4 is 12.0 Å². The van der Waals surface area contributed by atoms with Gasteiger partial charge in [-0.15, -0.1) is 0 Å². The maximum Gasteiger partial charge on any atom is 0.371 e. The first-order chi connectivity index (χ1) is 9.08. The van der Waals surface area contributed by atoms with Crippen molar-refractivity contribution in [2.75, 3.05) is 26.3 Å². The van der Waals surface area contributed by atoms with Crippen molar-refractivity contribution in [1.82, 2.24) is 10.2 Å². The van der Waals surface area contributed by atoms with Gasteiger partial charge in [0.25, 0.3) is 0 Å². The zero-order valence-electron chi connectivity index (χ0n) is 10.2. The Morgan fingerprint density at radius 3 is 2.32 bits per heavy atom. The van der Waals surface area contributed by atoms with E-state index in [4.69, 9.17) is 19.7 Å². The molecular weight excluding hydrogens is 256 g/mol. The Morgan fingerprint density at radius 2 is 1.84 bits per heavy atom. The van der Waals surface area contributed by atoms with Gasteiger partial charge in [0.05, 0.1) is 19.8 Å². The average Bonchev–Trinajstić information content (AvgIpc) is 2.84. The minimum atomic E-state index is -1.18. The summed E-state index contributed by atoms with van der Waals surface area (Å²) >= 11 is 0. The summed E-state index contributed by atoms with van der Waals surface area (Å²) in [6.07, 6.45) is 0. The third-order valence-electron chi connectivity index (χ3n) is 2.31. The number of rotatable bonds is 7. The van der Waals surface area contributed by atoms with E-state index in [-0.39, 0.29) is 38.6 Å². The van der Waals surface area contributed by atoms with Gasteiger partial charge in [0.1, 0.15) is 5.76 Å². The molecular formula is C11H16N2O6. The van der Waals surface area contributed by atoms with Crippen molar-refractivity contribution in [3.05, 3.63) is 23.7 Å². The number of carboxylic acids is 1. The molecule has 19 heavy (non-hydrogen) atoms. The number of nitrogens with one attached hydrogen (secondary N) is 1. The number of hydrogen-bond donors (Lipinski definition) is 4. The molecule has 0 aliphatic rings. The molecule has 1 aromatic rings. The van der Waals surface area contributed by atoms with Crippen LogP contribution in [-0.2, 0) is 6.54 Å². The number of carboxylic acid groups (broad SMARTS) is 1. The Labute approximate surface area is 109 Å². The smallest absolute Gasteiger partial charge is 0.371 e. The van der Waals surface area contributed by atoms with E-state index in [1.165, 1.54) is 17.0 Å². The van der Waals surface area contributed by atoms with Crippen LogP contribution in [0.2, 0.25) is 0 Å². The van der Waals surface area contributed by atoms with E-state index < -0.39 is 12.0 Å². The monoisotopic (exact) mass is 272 g/mol. The van der Waals surface area contributed by atoms with E-state index in [1.54, 1.807) is 0 Å². The van der Waals surface area contributed by atoms with Crippen LogP contribution in [0.25, 0.3) is 0 Å².